The monoisotopic (exact) mass is 255 g/mol. The maximum absolute atomic E-state index is 12.9. The van der Waals surface area contributed by atoms with Gasteiger partial charge in [-0.2, -0.15) is 5.10 Å². The lowest BCUT2D eigenvalue weighted by atomic mass is 10.2. The number of amides is 1. The van der Waals surface area contributed by atoms with E-state index < -0.39 is 12.2 Å². The van der Waals surface area contributed by atoms with E-state index in [4.69, 9.17) is 0 Å². The Morgan fingerprint density at radius 2 is 1.89 bits per heavy atom. The van der Waals surface area contributed by atoms with Crippen molar-refractivity contribution in [3.05, 3.63) is 48.3 Å². The number of carbonyl (C=O) groups is 1. The molecule has 1 heterocycles. The normalized spacial score (nSPS) is 11.3. The lowest BCUT2D eigenvalue weighted by Gasteiger charge is -2.24. The topological polar surface area (TPSA) is 49.0 Å². The van der Waals surface area contributed by atoms with Crippen LogP contribution in [0.4, 0.5) is 18.9 Å². The number of aromatic amines is 1. The fraction of sp³-hybridized carbons (Fsp3) is 0.0909. The molecule has 0 bridgehead atoms. The number of nitrogens with zero attached hydrogens (tertiary/aromatic N) is 2. The van der Waals surface area contributed by atoms with Gasteiger partial charge in [0.1, 0.15) is 0 Å². The summed E-state index contributed by atoms with van der Waals surface area (Å²) in [5, 5.41) is 5.77. The fourth-order valence-electron chi connectivity index (χ4n) is 1.45. The lowest BCUT2D eigenvalue weighted by Crippen LogP contribution is -2.43. The van der Waals surface area contributed by atoms with E-state index in [1.54, 1.807) is 6.07 Å². The van der Waals surface area contributed by atoms with Crippen molar-refractivity contribution in [3.8, 4) is 0 Å². The number of hydrogen-bond donors (Lipinski definition) is 1. The molecule has 0 saturated carbocycles. The summed E-state index contributed by atoms with van der Waals surface area (Å²) in [5.74, 6) is -1.18. The Morgan fingerprint density at radius 1 is 1.22 bits per heavy atom. The van der Waals surface area contributed by atoms with Gasteiger partial charge in [0, 0.05) is 6.20 Å². The summed E-state index contributed by atoms with van der Waals surface area (Å²) in [7, 11) is 0. The number of halogens is 3. The van der Waals surface area contributed by atoms with Crippen LogP contribution >= 0.6 is 0 Å². The summed E-state index contributed by atoms with van der Waals surface area (Å²) in [5.41, 5.74) is -0.396. The van der Waals surface area contributed by atoms with E-state index in [0.29, 0.717) is 0 Å². The number of para-hydroxylation sites is 1. The van der Waals surface area contributed by atoms with Crippen molar-refractivity contribution in [1.29, 1.82) is 0 Å². The average Bonchev–Trinajstić information content (AvgIpc) is 2.82. The number of H-pyrrole nitrogens is 1. The SMILES string of the molecule is O=C(c1cn[nH]c1)N(c1ccccc1)C(F)(F)F. The van der Waals surface area contributed by atoms with Crippen LogP contribution < -0.4 is 4.90 Å². The van der Waals surface area contributed by atoms with Crippen molar-refractivity contribution in [2.24, 2.45) is 0 Å². The second kappa shape index (κ2) is 4.52. The molecule has 0 aliphatic rings. The second-order valence-corrected chi connectivity index (χ2v) is 3.43. The van der Waals surface area contributed by atoms with E-state index in [0.717, 1.165) is 12.4 Å². The largest absolute Gasteiger partial charge is 0.491 e. The Morgan fingerprint density at radius 3 is 2.39 bits per heavy atom. The predicted molar refractivity (Wildman–Crippen MR) is 57.9 cm³/mol. The minimum atomic E-state index is -4.80. The van der Waals surface area contributed by atoms with Crippen LogP contribution in [0.2, 0.25) is 0 Å². The molecule has 7 heteroatoms. The zero-order valence-electron chi connectivity index (χ0n) is 8.98. The highest BCUT2D eigenvalue weighted by Crippen LogP contribution is 2.29. The Bertz CT molecular complexity index is 522. The first-order valence-electron chi connectivity index (χ1n) is 4.95. The fourth-order valence-corrected chi connectivity index (χ4v) is 1.45. The number of benzene rings is 1. The van der Waals surface area contributed by atoms with E-state index >= 15 is 0 Å². The van der Waals surface area contributed by atoms with E-state index in [2.05, 4.69) is 10.2 Å². The maximum atomic E-state index is 12.9. The van der Waals surface area contributed by atoms with Gasteiger partial charge in [-0.15, -0.1) is 13.2 Å². The molecule has 0 saturated heterocycles. The molecule has 0 aliphatic heterocycles. The van der Waals surface area contributed by atoms with Crippen LogP contribution in [0.5, 0.6) is 0 Å². The summed E-state index contributed by atoms with van der Waals surface area (Å²) >= 11 is 0. The molecule has 1 amide bonds. The van der Waals surface area contributed by atoms with Gasteiger partial charge in [-0.25, -0.2) is 4.90 Å². The van der Waals surface area contributed by atoms with Crippen LogP contribution in [0.25, 0.3) is 0 Å². The number of carbonyl (C=O) groups excluding carboxylic acids is 1. The molecule has 0 atom stereocenters. The molecule has 0 fully saturated rings. The zero-order valence-corrected chi connectivity index (χ0v) is 8.98. The molecule has 94 valence electrons. The molecule has 0 spiro atoms. The molecule has 18 heavy (non-hydrogen) atoms. The van der Waals surface area contributed by atoms with E-state index in [9.17, 15) is 18.0 Å². The first-order valence-corrected chi connectivity index (χ1v) is 4.95. The smallest absolute Gasteiger partial charge is 0.285 e. The van der Waals surface area contributed by atoms with Crippen LogP contribution in [0.1, 0.15) is 10.4 Å². The van der Waals surface area contributed by atoms with Crippen LogP contribution in [0.15, 0.2) is 42.7 Å². The quantitative estimate of drug-likeness (QED) is 0.838. The van der Waals surface area contributed by atoms with Gasteiger partial charge in [-0.05, 0) is 12.1 Å². The van der Waals surface area contributed by atoms with Crippen LogP contribution in [0.3, 0.4) is 0 Å². The molecule has 1 aromatic heterocycles. The molecule has 0 aliphatic carbocycles. The van der Waals surface area contributed by atoms with Crippen molar-refractivity contribution in [3.63, 3.8) is 0 Å². The van der Waals surface area contributed by atoms with Gasteiger partial charge in [-0.1, -0.05) is 18.2 Å². The zero-order chi connectivity index (χ0) is 13.2. The highest BCUT2D eigenvalue weighted by Gasteiger charge is 2.42. The van der Waals surface area contributed by atoms with Gasteiger partial charge in [0.05, 0.1) is 17.4 Å². The number of anilines is 1. The Balaban J connectivity index is 2.42. The number of alkyl halides is 3. The van der Waals surface area contributed by atoms with Crippen molar-refractivity contribution in [1.82, 2.24) is 10.2 Å². The Kier molecular flexibility index (Phi) is 3.05. The molecule has 0 unspecified atom stereocenters. The average molecular weight is 255 g/mol. The standard InChI is InChI=1S/C11H8F3N3O/c12-11(13,14)17(9-4-2-1-3-5-9)10(18)8-6-15-16-7-8/h1-7H,(H,15,16). The first kappa shape index (κ1) is 12.2. The predicted octanol–water partition coefficient (Wildman–Crippen LogP) is 2.58. The number of rotatable bonds is 2. The molecular weight excluding hydrogens is 247 g/mol. The molecular formula is C11H8F3N3O. The molecule has 2 rings (SSSR count). The highest BCUT2D eigenvalue weighted by atomic mass is 19.4. The Hall–Kier alpha value is -2.31. The van der Waals surface area contributed by atoms with E-state index in [1.807, 2.05) is 0 Å². The first-order chi connectivity index (χ1) is 8.50. The van der Waals surface area contributed by atoms with E-state index in [1.165, 1.54) is 24.3 Å². The third kappa shape index (κ3) is 2.34. The van der Waals surface area contributed by atoms with Crippen molar-refractivity contribution in [2.75, 3.05) is 4.90 Å². The lowest BCUT2D eigenvalue weighted by molar-refractivity contribution is -0.122. The van der Waals surface area contributed by atoms with Gasteiger partial charge in [-0.3, -0.25) is 9.89 Å². The molecule has 4 nitrogen and oxygen atoms in total. The number of aromatic nitrogens is 2. The van der Waals surface area contributed by atoms with Crippen molar-refractivity contribution in [2.45, 2.75) is 6.30 Å². The van der Waals surface area contributed by atoms with Gasteiger partial charge >= 0.3 is 6.30 Å². The summed E-state index contributed by atoms with van der Waals surface area (Å²) < 4.78 is 38.8. The highest BCUT2D eigenvalue weighted by molar-refractivity contribution is 6.06. The van der Waals surface area contributed by atoms with Crippen LogP contribution in [-0.2, 0) is 0 Å². The molecule has 1 N–H and O–H groups in total. The van der Waals surface area contributed by atoms with Gasteiger partial charge in [0.2, 0.25) is 0 Å². The summed E-state index contributed by atoms with van der Waals surface area (Å²) in [6.07, 6.45) is -2.64. The van der Waals surface area contributed by atoms with Crippen LogP contribution in [-0.4, -0.2) is 22.4 Å². The summed E-state index contributed by atoms with van der Waals surface area (Å²) in [6, 6.07) is 6.85. The summed E-state index contributed by atoms with van der Waals surface area (Å²) in [4.78, 5) is 11.6. The summed E-state index contributed by atoms with van der Waals surface area (Å²) in [6.45, 7) is 0. The molecule has 1 aromatic carbocycles. The Labute approximate surface area is 100 Å². The van der Waals surface area contributed by atoms with E-state index in [-0.39, 0.29) is 16.2 Å². The minimum absolute atomic E-state index is 0.156. The van der Waals surface area contributed by atoms with Gasteiger partial charge in [0.15, 0.2) is 0 Å². The number of hydrogen-bond acceptors (Lipinski definition) is 2. The van der Waals surface area contributed by atoms with Crippen LogP contribution in [0, 0.1) is 0 Å². The van der Waals surface area contributed by atoms with Crippen molar-refractivity contribution < 1.29 is 18.0 Å². The number of nitrogens with one attached hydrogen (secondary N) is 1. The third-order valence-corrected chi connectivity index (χ3v) is 2.22. The maximum Gasteiger partial charge on any atom is 0.491 e. The van der Waals surface area contributed by atoms with Gasteiger partial charge in [0.25, 0.3) is 5.91 Å². The molecule has 2 aromatic rings. The van der Waals surface area contributed by atoms with Gasteiger partial charge < -0.3 is 0 Å². The second-order valence-electron chi connectivity index (χ2n) is 3.43. The third-order valence-electron chi connectivity index (χ3n) is 2.22. The minimum Gasteiger partial charge on any atom is -0.285 e. The van der Waals surface area contributed by atoms with Crippen molar-refractivity contribution >= 4 is 11.6 Å². The molecule has 0 radical (unpaired) electrons.